The van der Waals surface area contributed by atoms with Crippen molar-refractivity contribution in [2.24, 2.45) is 5.10 Å². The van der Waals surface area contributed by atoms with Crippen LogP contribution in [0.5, 0.6) is 0 Å². The van der Waals surface area contributed by atoms with Crippen molar-refractivity contribution in [3.05, 3.63) is 29.8 Å². The number of benzene rings is 1. The SMILES string of the molecule is CCCCNC(=O)N(O)C1N(/N=C/c2ccc(SC)cc2)C(=S)SC1(C)C. The number of carbonyl (C=O) groups excluding carboxylic acids is 1. The fourth-order valence-corrected chi connectivity index (χ4v) is 4.81. The van der Waals surface area contributed by atoms with E-state index in [1.807, 2.05) is 51.3 Å². The highest BCUT2D eigenvalue weighted by Gasteiger charge is 2.49. The number of thiocarbonyl (C=S) groups is 1. The van der Waals surface area contributed by atoms with Crippen molar-refractivity contribution < 1.29 is 10.0 Å². The van der Waals surface area contributed by atoms with Crippen molar-refractivity contribution in [3.8, 4) is 0 Å². The maximum absolute atomic E-state index is 12.3. The minimum Gasteiger partial charge on any atom is -0.336 e. The van der Waals surface area contributed by atoms with E-state index >= 15 is 0 Å². The molecular weight excluding hydrogens is 400 g/mol. The van der Waals surface area contributed by atoms with E-state index in [-0.39, 0.29) is 0 Å². The van der Waals surface area contributed by atoms with E-state index in [1.54, 1.807) is 18.0 Å². The molecule has 1 atom stereocenters. The number of hydrazone groups is 1. The molecule has 148 valence electrons. The van der Waals surface area contributed by atoms with Crippen LogP contribution in [0.4, 0.5) is 4.79 Å². The van der Waals surface area contributed by atoms with Gasteiger partial charge in [0.2, 0.25) is 0 Å². The highest BCUT2D eigenvalue weighted by Crippen LogP contribution is 2.42. The van der Waals surface area contributed by atoms with Gasteiger partial charge in [0.05, 0.1) is 11.0 Å². The van der Waals surface area contributed by atoms with Crippen LogP contribution in [0.1, 0.15) is 39.2 Å². The van der Waals surface area contributed by atoms with Crippen LogP contribution in [0, 0.1) is 0 Å². The number of rotatable bonds is 7. The van der Waals surface area contributed by atoms with Crippen LogP contribution in [-0.4, -0.2) is 55.6 Å². The molecule has 6 nitrogen and oxygen atoms in total. The molecule has 0 aliphatic carbocycles. The van der Waals surface area contributed by atoms with Crippen LogP contribution in [0.25, 0.3) is 0 Å². The van der Waals surface area contributed by atoms with E-state index in [0.717, 1.165) is 18.4 Å². The summed E-state index contributed by atoms with van der Waals surface area (Å²) in [6.07, 6.45) is 4.84. The van der Waals surface area contributed by atoms with E-state index in [0.29, 0.717) is 15.9 Å². The average molecular weight is 427 g/mol. The van der Waals surface area contributed by atoms with Gasteiger partial charge in [-0.1, -0.05) is 49.5 Å². The van der Waals surface area contributed by atoms with Crippen LogP contribution in [0.15, 0.2) is 34.3 Å². The number of nitrogens with zero attached hydrogens (tertiary/aromatic N) is 3. The molecule has 1 fully saturated rings. The lowest BCUT2D eigenvalue weighted by Gasteiger charge is -2.34. The van der Waals surface area contributed by atoms with Gasteiger partial charge in [-0.3, -0.25) is 5.21 Å². The van der Waals surface area contributed by atoms with Gasteiger partial charge in [-0.15, -0.1) is 11.8 Å². The first-order chi connectivity index (χ1) is 12.8. The summed E-state index contributed by atoms with van der Waals surface area (Å²) < 4.78 is 0.0101. The molecule has 9 heteroatoms. The molecule has 0 bridgehead atoms. The maximum Gasteiger partial charge on any atom is 0.343 e. The monoisotopic (exact) mass is 426 g/mol. The first-order valence-electron chi connectivity index (χ1n) is 8.76. The molecule has 0 spiro atoms. The number of amides is 2. The van der Waals surface area contributed by atoms with Gasteiger partial charge in [0.1, 0.15) is 0 Å². The molecule has 2 rings (SSSR count). The molecule has 1 aliphatic rings. The Labute approximate surface area is 174 Å². The smallest absolute Gasteiger partial charge is 0.336 e. The number of nitrogens with one attached hydrogen (secondary N) is 1. The summed E-state index contributed by atoms with van der Waals surface area (Å²) in [5.41, 5.74) is 0.918. The average Bonchev–Trinajstić information content (AvgIpc) is 2.87. The summed E-state index contributed by atoms with van der Waals surface area (Å²) in [5.74, 6) is 0. The van der Waals surface area contributed by atoms with Crippen LogP contribution in [0.3, 0.4) is 0 Å². The highest BCUT2D eigenvalue weighted by molar-refractivity contribution is 8.24. The lowest BCUT2D eigenvalue weighted by Crippen LogP contribution is -2.55. The van der Waals surface area contributed by atoms with Gasteiger partial charge in [0.25, 0.3) is 0 Å². The van der Waals surface area contributed by atoms with Gasteiger partial charge in [0, 0.05) is 11.4 Å². The minimum atomic E-state index is -0.696. The second kappa shape index (κ2) is 9.77. The van der Waals surface area contributed by atoms with E-state index in [1.165, 1.54) is 21.7 Å². The zero-order valence-electron chi connectivity index (χ0n) is 16.0. The third kappa shape index (κ3) is 5.60. The van der Waals surface area contributed by atoms with Crippen LogP contribution in [0.2, 0.25) is 0 Å². The number of hydrogen-bond donors (Lipinski definition) is 2. The van der Waals surface area contributed by atoms with Gasteiger partial charge in [-0.2, -0.15) is 10.2 Å². The molecule has 0 saturated carbocycles. The molecule has 2 N–H and O–H groups in total. The second-order valence-corrected chi connectivity index (χ2v) is 9.81. The number of unbranched alkanes of at least 4 members (excludes halogenated alkanes) is 1. The van der Waals surface area contributed by atoms with Crippen molar-refractivity contribution in [2.75, 3.05) is 12.8 Å². The summed E-state index contributed by atoms with van der Waals surface area (Å²) in [6, 6.07) is 7.43. The van der Waals surface area contributed by atoms with Gasteiger partial charge < -0.3 is 5.32 Å². The van der Waals surface area contributed by atoms with Crippen molar-refractivity contribution in [3.63, 3.8) is 0 Å². The highest BCUT2D eigenvalue weighted by atomic mass is 32.2. The molecular formula is C18H26N4O2S3. The Kier molecular flexibility index (Phi) is 7.96. The number of carbonyl (C=O) groups is 1. The molecule has 0 aromatic heterocycles. The van der Waals surface area contributed by atoms with Gasteiger partial charge >= 0.3 is 6.03 Å². The molecule has 27 heavy (non-hydrogen) atoms. The second-order valence-electron chi connectivity index (χ2n) is 6.64. The Morgan fingerprint density at radius 3 is 2.74 bits per heavy atom. The summed E-state index contributed by atoms with van der Waals surface area (Å²) in [5, 5.41) is 20.0. The van der Waals surface area contributed by atoms with E-state index in [2.05, 4.69) is 10.4 Å². The maximum atomic E-state index is 12.3. The molecule has 1 saturated heterocycles. The first-order valence-corrected chi connectivity index (χ1v) is 11.2. The van der Waals surface area contributed by atoms with Crippen LogP contribution >= 0.6 is 35.7 Å². The minimum absolute atomic E-state index is 0.506. The predicted molar refractivity (Wildman–Crippen MR) is 118 cm³/mol. The molecule has 1 aromatic rings. The quantitative estimate of drug-likeness (QED) is 0.168. The van der Waals surface area contributed by atoms with Crippen molar-refractivity contribution >= 4 is 52.3 Å². The lowest BCUT2D eigenvalue weighted by molar-refractivity contribution is -0.118. The van der Waals surface area contributed by atoms with Crippen LogP contribution in [-0.2, 0) is 0 Å². The standard InChI is InChI=1S/C18H26N4O2S3/c1-5-6-11-19-16(23)22(24)15-18(2,3)27-17(25)21(15)20-12-13-7-9-14(26-4)10-8-13/h7-10,12,15,24H,5-6,11H2,1-4H3,(H,19,23)/b20-12+. The molecule has 2 amide bonds. The normalized spacial score (nSPS) is 18.9. The van der Waals surface area contributed by atoms with Crippen molar-refractivity contribution in [2.45, 2.75) is 49.4 Å². The molecule has 0 radical (unpaired) electrons. The largest absolute Gasteiger partial charge is 0.343 e. The first kappa shape index (κ1) is 22.0. The molecule has 1 aliphatic heterocycles. The zero-order valence-corrected chi connectivity index (χ0v) is 18.5. The summed E-state index contributed by atoms with van der Waals surface area (Å²) >= 11 is 8.52. The van der Waals surface area contributed by atoms with E-state index < -0.39 is 16.9 Å². The molecule has 1 heterocycles. The lowest BCUT2D eigenvalue weighted by atomic mass is 10.1. The number of thioether (sulfide) groups is 2. The Balaban J connectivity index is 2.17. The van der Waals surface area contributed by atoms with E-state index in [9.17, 15) is 10.0 Å². The molecule has 1 aromatic carbocycles. The number of urea groups is 1. The van der Waals surface area contributed by atoms with Crippen molar-refractivity contribution in [1.29, 1.82) is 0 Å². The van der Waals surface area contributed by atoms with Gasteiger partial charge in [-0.05, 0) is 44.2 Å². The van der Waals surface area contributed by atoms with Crippen molar-refractivity contribution in [1.82, 2.24) is 15.4 Å². The Hall–Kier alpha value is -1.29. The topological polar surface area (TPSA) is 68.2 Å². The third-order valence-corrected chi connectivity index (χ3v) is 6.36. The fraction of sp³-hybridized carbons (Fsp3) is 0.500. The zero-order chi connectivity index (χ0) is 20.0. The summed E-state index contributed by atoms with van der Waals surface area (Å²) in [7, 11) is 0. The Bertz CT molecular complexity index is 694. The van der Waals surface area contributed by atoms with E-state index in [4.69, 9.17) is 12.2 Å². The number of hydrogen-bond acceptors (Lipinski definition) is 6. The van der Waals surface area contributed by atoms with Crippen LogP contribution < -0.4 is 5.32 Å². The third-order valence-electron chi connectivity index (χ3n) is 4.08. The fourth-order valence-electron chi connectivity index (χ4n) is 2.61. The summed E-state index contributed by atoms with van der Waals surface area (Å²) in [4.78, 5) is 13.5. The number of hydroxylamine groups is 2. The summed E-state index contributed by atoms with van der Waals surface area (Å²) in [6.45, 7) is 6.42. The Morgan fingerprint density at radius 1 is 1.48 bits per heavy atom. The van der Waals surface area contributed by atoms with Gasteiger partial charge in [-0.25, -0.2) is 9.80 Å². The Morgan fingerprint density at radius 2 is 2.15 bits per heavy atom. The predicted octanol–water partition coefficient (Wildman–Crippen LogP) is 4.38. The van der Waals surface area contributed by atoms with Gasteiger partial charge in [0.15, 0.2) is 10.5 Å². The molecule has 1 unspecified atom stereocenters.